The van der Waals surface area contributed by atoms with Crippen molar-refractivity contribution in [2.75, 3.05) is 0 Å². The fraction of sp³-hybridized carbons (Fsp3) is 0.533. The van der Waals surface area contributed by atoms with Gasteiger partial charge in [0, 0.05) is 0 Å². The summed E-state index contributed by atoms with van der Waals surface area (Å²) in [4.78, 5) is 10.7. The second-order valence-corrected chi connectivity index (χ2v) is 4.47. The topological polar surface area (TPSA) is 46.5 Å². The molecule has 0 spiro atoms. The van der Waals surface area contributed by atoms with Gasteiger partial charge in [0.2, 0.25) is 0 Å². The number of aryl methyl sites for hydroxylation is 1. The number of hydrogen-bond donors (Lipinski definition) is 1. The molecule has 0 aromatic heterocycles. The normalized spacial score (nSPS) is 10.3. The number of benzene rings is 1. The Bertz CT molecular complexity index is 385. The van der Waals surface area contributed by atoms with Crippen LogP contribution in [-0.2, 0) is 12.8 Å². The number of carbonyl (C=O) groups is 1. The van der Waals surface area contributed by atoms with Crippen molar-refractivity contribution >= 4 is 6.16 Å². The Hall–Kier alpha value is -1.51. The molecule has 0 unspecified atom stereocenters. The molecule has 1 aromatic carbocycles. The minimum atomic E-state index is -1.24. The Kier molecular flexibility index (Phi) is 6.26. The molecule has 0 saturated heterocycles. The molecule has 0 fully saturated rings. The first-order valence-corrected chi connectivity index (χ1v) is 6.70. The standard InChI is InChI=1S/C15H22O3/c1-3-5-8-12-9-7-11-14(18-15(16)17)13(12)10-6-4-2/h7,9,11H,3-6,8,10H2,1-2H3,(H,16,17). The van der Waals surface area contributed by atoms with E-state index in [1.54, 1.807) is 6.07 Å². The Balaban J connectivity index is 2.95. The van der Waals surface area contributed by atoms with Gasteiger partial charge in [-0.15, -0.1) is 0 Å². The molecule has 100 valence electrons. The summed E-state index contributed by atoms with van der Waals surface area (Å²) in [5.74, 6) is 0.504. The maximum atomic E-state index is 10.7. The average Bonchev–Trinajstić information content (AvgIpc) is 2.34. The summed E-state index contributed by atoms with van der Waals surface area (Å²) < 4.78 is 4.88. The molecule has 0 bridgehead atoms. The van der Waals surface area contributed by atoms with E-state index in [4.69, 9.17) is 9.84 Å². The van der Waals surface area contributed by atoms with E-state index in [0.717, 1.165) is 44.1 Å². The summed E-state index contributed by atoms with van der Waals surface area (Å²) in [6.45, 7) is 4.29. The number of hydrogen-bond acceptors (Lipinski definition) is 2. The molecule has 1 aromatic rings. The highest BCUT2D eigenvalue weighted by atomic mass is 16.7. The molecule has 0 amide bonds. The van der Waals surface area contributed by atoms with Crippen LogP contribution in [0.4, 0.5) is 4.79 Å². The van der Waals surface area contributed by atoms with Crippen molar-refractivity contribution in [1.82, 2.24) is 0 Å². The summed E-state index contributed by atoms with van der Waals surface area (Å²) in [5, 5.41) is 8.76. The Morgan fingerprint density at radius 3 is 2.44 bits per heavy atom. The SMILES string of the molecule is CCCCc1cccc(OC(=O)O)c1CCCC. The lowest BCUT2D eigenvalue weighted by molar-refractivity contribution is 0.144. The van der Waals surface area contributed by atoms with E-state index in [0.29, 0.717) is 5.75 Å². The summed E-state index contributed by atoms with van der Waals surface area (Å²) >= 11 is 0. The smallest absolute Gasteiger partial charge is 0.449 e. The minimum absolute atomic E-state index is 0.504. The third kappa shape index (κ3) is 4.40. The van der Waals surface area contributed by atoms with Crippen molar-refractivity contribution in [2.45, 2.75) is 52.4 Å². The lowest BCUT2D eigenvalue weighted by Crippen LogP contribution is -2.07. The van der Waals surface area contributed by atoms with E-state index in [9.17, 15) is 4.79 Å². The molecule has 3 heteroatoms. The van der Waals surface area contributed by atoms with Gasteiger partial charge in [-0.05, 0) is 42.9 Å². The van der Waals surface area contributed by atoms with Crippen molar-refractivity contribution in [3.8, 4) is 5.75 Å². The van der Waals surface area contributed by atoms with Crippen molar-refractivity contribution in [2.24, 2.45) is 0 Å². The number of carboxylic acid groups (broad SMARTS) is 1. The molecule has 18 heavy (non-hydrogen) atoms. The highest BCUT2D eigenvalue weighted by molar-refractivity contribution is 5.62. The predicted octanol–water partition coefficient (Wildman–Crippen LogP) is 4.43. The van der Waals surface area contributed by atoms with Crippen LogP contribution in [0.15, 0.2) is 18.2 Å². The van der Waals surface area contributed by atoms with Crippen LogP contribution in [0.25, 0.3) is 0 Å². The van der Waals surface area contributed by atoms with E-state index in [1.807, 2.05) is 6.07 Å². The zero-order valence-corrected chi connectivity index (χ0v) is 11.2. The zero-order valence-electron chi connectivity index (χ0n) is 11.2. The monoisotopic (exact) mass is 250 g/mol. The molecule has 1 N–H and O–H groups in total. The summed E-state index contributed by atoms with van der Waals surface area (Å²) in [5.41, 5.74) is 2.29. The van der Waals surface area contributed by atoms with Crippen LogP contribution in [0.5, 0.6) is 5.75 Å². The van der Waals surface area contributed by atoms with Crippen molar-refractivity contribution < 1.29 is 14.6 Å². The number of ether oxygens (including phenoxy) is 1. The van der Waals surface area contributed by atoms with Crippen LogP contribution in [0.2, 0.25) is 0 Å². The molecule has 0 saturated carbocycles. The maximum Gasteiger partial charge on any atom is 0.511 e. The van der Waals surface area contributed by atoms with Crippen molar-refractivity contribution in [3.63, 3.8) is 0 Å². The Morgan fingerprint density at radius 1 is 1.17 bits per heavy atom. The van der Waals surface area contributed by atoms with Crippen LogP contribution in [0, 0.1) is 0 Å². The van der Waals surface area contributed by atoms with Crippen LogP contribution in [-0.4, -0.2) is 11.3 Å². The van der Waals surface area contributed by atoms with E-state index in [1.165, 1.54) is 5.56 Å². The fourth-order valence-electron chi connectivity index (χ4n) is 2.04. The fourth-order valence-corrected chi connectivity index (χ4v) is 2.04. The van der Waals surface area contributed by atoms with E-state index in [-0.39, 0.29) is 0 Å². The number of rotatable bonds is 7. The second kappa shape index (κ2) is 7.75. The van der Waals surface area contributed by atoms with Crippen molar-refractivity contribution in [3.05, 3.63) is 29.3 Å². The second-order valence-electron chi connectivity index (χ2n) is 4.47. The molecule has 0 radical (unpaired) electrons. The van der Waals surface area contributed by atoms with E-state index >= 15 is 0 Å². The van der Waals surface area contributed by atoms with Gasteiger partial charge in [0.15, 0.2) is 0 Å². The maximum absolute atomic E-state index is 10.7. The molecule has 0 aliphatic carbocycles. The molecule has 0 heterocycles. The van der Waals surface area contributed by atoms with Gasteiger partial charge in [0.1, 0.15) is 5.75 Å². The van der Waals surface area contributed by atoms with Crippen LogP contribution < -0.4 is 4.74 Å². The lowest BCUT2D eigenvalue weighted by Gasteiger charge is -2.13. The molecular weight excluding hydrogens is 228 g/mol. The van der Waals surface area contributed by atoms with Gasteiger partial charge in [-0.3, -0.25) is 0 Å². The zero-order chi connectivity index (χ0) is 13.4. The molecule has 3 nitrogen and oxygen atoms in total. The van der Waals surface area contributed by atoms with Gasteiger partial charge in [0.25, 0.3) is 0 Å². The first-order valence-electron chi connectivity index (χ1n) is 6.70. The number of unbranched alkanes of at least 4 members (excludes halogenated alkanes) is 2. The molecule has 1 rings (SSSR count). The van der Waals surface area contributed by atoms with Gasteiger partial charge in [0.05, 0.1) is 0 Å². The minimum Gasteiger partial charge on any atom is -0.449 e. The van der Waals surface area contributed by atoms with Gasteiger partial charge in [-0.1, -0.05) is 38.8 Å². The molecule has 0 atom stereocenters. The molecule has 0 aliphatic rings. The molecule has 0 aliphatic heterocycles. The first-order chi connectivity index (χ1) is 8.69. The first kappa shape index (κ1) is 14.6. The molecular formula is C15H22O3. The highest BCUT2D eigenvalue weighted by Gasteiger charge is 2.11. The largest absolute Gasteiger partial charge is 0.511 e. The highest BCUT2D eigenvalue weighted by Crippen LogP contribution is 2.26. The Labute approximate surface area is 109 Å². The quantitative estimate of drug-likeness (QED) is 0.575. The predicted molar refractivity (Wildman–Crippen MR) is 72.3 cm³/mol. The van der Waals surface area contributed by atoms with Gasteiger partial charge in [-0.25, -0.2) is 4.79 Å². The van der Waals surface area contributed by atoms with Gasteiger partial charge in [-0.2, -0.15) is 0 Å². The van der Waals surface area contributed by atoms with E-state index < -0.39 is 6.16 Å². The Morgan fingerprint density at radius 2 is 1.83 bits per heavy atom. The van der Waals surface area contributed by atoms with E-state index in [2.05, 4.69) is 19.9 Å². The lowest BCUT2D eigenvalue weighted by atomic mass is 9.97. The van der Waals surface area contributed by atoms with Crippen LogP contribution in [0.3, 0.4) is 0 Å². The van der Waals surface area contributed by atoms with Gasteiger partial charge >= 0.3 is 6.16 Å². The van der Waals surface area contributed by atoms with Gasteiger partial charge < -0.3 is 9.84 Å². The van der Waals surface area contributed by atoms with Crippen molar-refractivity contribution in [1.29, 1.82) is 0 Å². The summed E-state index contributed by atoms with van der Waals surface area (Å²) in [6.07, 6.45) is 5.05. The third-order valence-corrected chi connectivity index (χ3v) is 3.01. The van der Waals surface area contributed by atoms with Crippen LogP contribution >= 0.6 is 0 Å². The third-order valence-electron chi connectivity index (χ3n) is 3.01. The van der Waals surface area contributed by atoms with Crippen LogP contribution in [0.1, 0.15) is 50.7 Å². The summed E-state index contributed by atoms with van der Waals surface area (Å²) in [6, 6.07) is 5.70. The summed E-state index contributed by atoms with van der Waals surface area (Å²) in [7, 11) is 0. The average molecular weight is 250 g/mol.